The summed E-state index contributed by atoms with van der Waals surface area (Å²) in [5.41, 5.74) is 1.09. The molecule has 1 aliphatic rings. The predicted octanol–water partition coefficient (Wildman–Crippen LogP) is 4.78. The Bertz CT molecular complexity index is 1220. The van der Waals surface area contributed by atoms with Crippen LogP contribution in [-0.4, -0.2) is 35.9 Å². The van der Waals surface area contributed by atoms with Crippen molar-refractivity contribution in [3.63, 3.8) is 0 Å². The second-order valence-electron chi connectivity index (χ2n) is 8.73. The first-order chi connectivity index (χ1) is 15.7. The molecule has 1 saturated carbocycles. The van der Waals surface area contributed by atoms with Gasteiger partial charge in [0.15, 0.2) is 0 Å². The minimum atomic E-state index is -3.55. The predicted molar refractivity (Wildman–Crippen MR) is 126 cm³/mol. The highest BCUT2D eigenvalue weighted by molar-refractivity contribution is 7.86. The summed E-state index contributed by atoms with van der Waals surface area (Å²) in [6, 6.07) is 14.9. The van der Waals surface area contributed by atoms with E-state index in [1.54, 1.807) is 12.1 Å². The number of carbonyl (C=O) groups is 1. The highest BCUT2D eigenvalue weighted by Gasteiger charge is 2.42. The summed E-state index contributed by atoms with van der Waals surface area (Å²) >= 11 is 0. The molecular weight excluding hydrogens is 442 g/mol. The average molecular weight is 472 g/mol. The fourth-order valence-electron chi connectivity index (χ4n) is 4.49. The number of benzene rings is 2. The number of ether oxygens (including phenoxy) is 1. The van der Waals surface area contributed by atoms with Gasteiger partial charge in [0.25, 0.3) is 0 Å². The molecule has 1 N–H and O–H groups in total. The van der Waals surface area contributed by atoms with Gasteiger partial charge in [-0.3, -0.25) is 0 Å². The van der Waals surface area contributed by atoms with Crippen LogP contribution in [0.5, 0.6) is 11.5 Å². The molecule has 0 saturated heterocycles. The van der Waals surface area contributed by atoms with Crippen LogP contribution in [0.3, 0.4) is 0 Å². The van der Waals surface area contributed by atoms with Gasteiger partial charge in [0.1, 0.15) is 11.5 Å². The molecular formula is C25H29NO6S. The highest BCUT2D eigenvalue weighted by atomic mass is 32.2. The summed E-state index contributed by atoms with van der Waals surface area (Å²) in [5.74, 6) is 0.0368. The quantitative estimate of drug-likeness (QED) is 0.452. The van der Waals surface area contributed by atoms with Crippen molar-refractivity contribution in [1.29, 1.82) is 0 Å². The normalized spacial score (nSPS) is 15.9. The third-order valence-corrected chi connectivity index (χ3v) is 6.64. The Morgan fingerprint density at radius 2 is 1.73 bits per heavy atom. The Morgan fingerprint density at radius 3 is 2.39 bits per heavy atom. The number of aryl methyl sites for hydroxylation is 2. The molecule has 0 radical (unpaired) electrons. The Hall–Kier alpha value is -3.00. The van der Waals surface area contributed by atoms with Gasteiger partial charge in [0.2, 0.25) is 5.60 Å². The lowest BCUT2D eigenvalue weighted by Crippen LogP contribution is -2.46. The van der Waals surface area contributed by atoms with Gasteiger partial charge in [-0.2, -0.15) is 8.42 Å². The van der Waals surface area contributed by atoms with Gasteiger partial charge in [-0.15, -0.1) is 0 Å². The number of rotatable bonds is 9. The van der Waals surface area contributed by atoms with E-state index in [0.717, 1.165) is 61.4 Å². The van der Waals surface area contributed by atoms with E-state index >= 15 is 0 Å². The van der Waals surface area contributed by atoms with E-state index in [0.29, 0.717) is 24.3 Å². The standard InChI is InChI=1S/C25H29NO6S/c1-33(29,30)32-22-11-12-23-20(18-22)13-17-26(23)16-5-6-19-7-9-21(10-8-19)31-25(24(27)28)14-3-2-4-15-25/h7-13,17-18H,2-6,14-16H2,1H3,(H,27,28). The zero-order valence-electron chi connectivity index (χ0n) is 18.7. The van der Waals surface area contributed by atoms with E-state index in [2.05, 4.69) is 4.57 Å². The maximum Gasteiger partial charge on any atom is 0.348 e. The number of nitrogens with zero attached hydrogens (tertiary/aromatic N) is 1. The molecule has 0 atom stereocenters. The molecule has 7 nitrogen and oxygen atoms in total. The second kappa shape index (κ2) is 9.47. The summed E-state index contributed by atoms with van der Waals surface area (Å²) < 4.78 is 35.7. The number of hydrogen-bond acceptors (Lipinski definition) is 5. The average Bonchev–Trinajstić information content (AvgIpc) is 3.16. The molecule has 33 heavy (non-hydrogen) atoms. The van der Waals surface area contributed by atoms with Crippen LogP contribution in [-0.2, 0) is 27.9 Å². The number of fused-ring (bicyclic) bond motifs is 1. The minimum Gasteiger partial charge on any atom is -0.478 e. The lowest BCUT2D eigenvalue weighted by Gasteiger charge is -2.33. The molecule has 0 bridgehead atoms. The number of aromatic nitrogens is 1. The second-order valence-corrected chi connectivity index (χ2v) is 10.3. The van der Waals surface area contributed by atoms with Gasteiger partial charge in [0.05, 0.1) is 6.26 Å². The van der Waals surface area contributed by atoms with Gasteiger partial charge in [0, 0.05) is 23.6 Å². The zero-order chi connectivity index (χ0) is 23.5. The topological polar surface area (TPSA) is 94.8 Å². The van der Waals surface area contributed by atoms with Gasteiger partial charge < -0.3 is 18.6 Å². The van der Waals surface area contributed by atoms with Crippen molar-refractivity contribution in [2.24, 2.45) is 0 Å². The molecule has 0 spiro atoms. The largest absolute Gasteiger partial charge is 0.478 e. The van der Waals surface area contributed by atoms with Crippen molar-refractivity contribution in [1.82, 2.24) is 4.57 Å². The molecule has 1 fully saturated rings. The van der Waals surface area contributed by atoms with E-state index in [1.807, 2.05) is 42.6 Å². The molecule has 1 aromatic heterocycles. The van der Waals surface area contributed by atoms with Crippen LogP contribution in [0, 0.1) is 0 Å². The van der Waals surface area contributed by atoms with E-state index < -0.39 is 21.7 Å². The number of aliphatic carboxylic acids is 1. The molecule has 8 heteroatoms. The van der Waals surface area contributed by atoms with Gasteiger partial charge in [-0.05, 0) is 80.5 Å². The fourth-order valence-corrected chi connectivity index (χ4v) is 4.94. The number of hydrogen-bond donors (Lipinski definition) is 1. The molecule has 0 aliphatic heterocycles. The van der Waals surface area contributed by atoms with Gasteiger partial charge in [-0.1, -0.05) is 18.6 Å². The molecule has 176 valence electrons. The van der Waals surface area contributed by atoms with Crippen molar-refractivity contribution in [3.05, 3.63) is 60.3 Å². The van der Waals surface area contributed by atoms with Crippen LogP contribution in [0.2, 0.25) is 0 Å². The van der Waals surface area contributed by atoms with E-state index in [9.17, 15) is 18.3 Å². The number of carboxylic acids is 1. The minimum absolute atomic E-state index is 0.308. The highest BCUT2D eigenvalue weighted by Crippen LogP contribution is 2.33. The fraction of sp³-hybridized carbons (Fsp3) is 0.400. The Labute approximate surface area is 194 Å². The smallest absolute Gasteiger partial charge is 0.348 e. The van der Waals surface area contributed by atoms with Gasteiger partial charge >= 0.3 is 16.1 Å². The lowest BCUT2D eigenvalue weighted by molar-refractivity contribution is -0.158. The van der Waals surface area contributed by atoms with Crippen molar-refractivity contribution in [2.75, 3.05) is 6.26 Å². The molecule has 4 rings (SSSR count). The first-order valence-electron chi connectivity index (χ1n) is 11.2. The van der Waals surface area contributed by atoms with Crippen LogP contribution in [0.15, 0.2) is 54.7 Å². The molecule has 1 heterocycles. The Kier molecular flexibility index (Phi) is 6.65. The third kappa shape index (κ3) is 5.68. The van der Waals surface area contributed by atoms with Crippen molar-refractivity contribution >= 4 is 27.0 Å². The van der Waals surface area contributed by atoms with E-state index in [4.69, 9.17) is 8.92 Å². The molecule has 3 aromatic rings. The summed E-state index contributed by atoms with van der Waals surface area (Å²) in [7, 11) is -3.55. The maximum absolute atomic E-state index is 11.8. The van der Waals surface area contributed by atoms with Crippen molar-refractivity contribution < 1.29 is 27.2 Å². The van der Waals surface area contributed by atoms with Crippen LogP contribution >= 0.6 is 0 Å². The van der Waals surface area contributed by atoms with Gasteiger partial charge in [-0.25, -0.2) is 4.79 Å². The van der Waals surface area contributed by atoms with Crippen LogP contribution < -0.4 is 8.92 Å². The zero-order valence-corrected chi connectivity index (χ0v) is 19.5. The van der Waals surface area contributed by atoms with Crippen molar-refractivity contribution in [2.45, 2.75) is 57.1 Å². The van der Waals surface area contributed by atoms with Crippen LogP contribution in [0.1, 0.15) is 44.1 Å². The van der Waals surface area contributed by atoms with Crippen LogP contribution in [0.4, 0.5) is 0 Å². The first-order valence-corrected chi connectivity index (χ1v) is 13.1. The molecule has 0 unspecified atom stereocenters. The maximum atomic E-state index is 11.8. The summed E-state index contributed by atoms with van der Waals surface area (Å²) in [5, 5.41) is 10.6. The summed E-state index contributed by atoms with van der Waals surface area (Å²) in [4.78, 5) is 11.8. The van der Waals surface area contributed by atoms with E-state index in [-0.39, 0.29) is 0 Å². The third-order valence-electron chi connectivity index (χ3n) is 6.14. The van der Waals surface area contributed by atoms with Crippen LogP contribution in [0.25, 0.3) is 10.9 Å². The summed E-state index contributed by atoms with van der Waals surface area (Å²) in [6.45, 7) is 0.816. The molecule has 2 aromatic carbocycles. The molecule has 1 aliphatic carbocycles. The molecule has 0 amide bonds. The SMILES string of the molecule is CS(=O)(=O)Oc1ccc2c(ccn2CCCc2ccc(OC3(C(=O)O)CCCCC3)cc2)c1. The first kappa shape index (κ1) is 23.2. The summed E-state index contributed by atoms with van der Waals surface area (Å²) in [6.07, 6.45) is 8.73. The Morgan fingerprint density at radius 1 is 1.03 bits per heavy atom. The number of carboxylic acid groups (broad SMARTS) is 1. The lowest BCUT2D eigenvalue weighted by atomic mass is 9.84. The monoisotopic (exact) mass is 471 g/mol. The Balaban J connectivity index is 1.34. The van der Waals surface area contributed by atoms with Crippen molar-refractivity contribution in [3.8, 4) is 11.5 Å². The van der Waals surface area contributed by atoms with E-state index in [1.165, 1.54) is 0 Å².